The maximum atomic E-state index is 13.9. The lowest BCUT2D eigenvalue weighted by molar-refractivity contribution is 0.144. The van der Waals surface area contributed by atoms with Crippen LogP contribution in [-0.4, -0.2) is 37.8 Å². The van der Waals surface area contributed by atoms with E-state index in [1.807, 2.05) is 4.90 Å². The van der Waals surface area contributed by atoms with Gasteiger partial charge in [0.1, 0.15) is 6.67 Å². The first-order valence-corrected chi connectivity index (χ1v) is 6.10. The quantitative estimate of drug-likeness (QED) is 0.922. The van der Waals surface area contributed by atoms with Crippen molar-refractivity contribution in [1.29, 1.82) is 0 Å². The molecule has 0 bridgehead atoms. The molecule has 1 N–H and O–H groups in total. The average Bonchev–Trinajstić information content (AvgIpc) is 2.41. The molecule has 0 amide bonds. The molecule has 1 heterocycles. The molecule has 0 aromatic heterocycles. The normalized spacial score (nSPS) is 17.9. The standard InChI is InChI=1S/C13H17F3N2.ClH/c1-9-2-3-10(13(16)12(9)15)11(8-14)18-6-4-17-5-7-18;/h2-3,11,17H,4-8H2,1H3;1H/t11-;/m1./s1. The summed E-state index contributed by atoms with van der Waals surface area (Å²) in [5.41, 5.74) is 0.358. The zero-order chi connectivity index (χ0) is 13.1. The van der Waals surface area contributed by atoms with E-state index in [2.05, 4.69) is 5.32 Å². The van der Waals surface area contributed by atoms with Gasteiger partial charge in [0, 0.05) is 31.7 Å². The van der Waals surface area contributed by atoms with Crippen LogP contribution in [0.5, 0.6) is 0 Å². The van der Waals surface area contributed by atoms with Crippen molar-refractivity contribution in [3.05, 3.63) is 34.9 Å². The first-order valence-electron chi connectivity index (χ1n) is 6.10. The fourth-order valence-corrected chi connectivity index (χ4v) is 2.29. The maximum absolute atomic E-state index is 13.9. The number of hydrogen-bond donors (Lipinski definition) is 1. The predicted octanol–water partition coefficient (Wildman–Crippen LogP) is 2.61. The van der Waals surface area contributed by atoms with Crippen LogP contribution in [0.2, 0.25) is 0 Å². The number of hydrogen-bond acceptors (Lipinski definition) is 2. The van der Waals surface area contributed by atoms with Crippen LogP contribution in [0, 0.1) is 18.6 Å². The van der Waals surface area contributed by atoms with Crippen molar-refractivity contribution in [1.82, 2.24) is 10.2 Å². The number of nitrogens with zero attached hydrogens (tertiary/aromatic N) is 1. The second-order valence-corrected chi connectivity index (χ2v) is 4.56. The molecule has 0 radical (unpaired) electrons. The van der Waals surface area contributed by atoms with E-state index >= 15 is 0 Å². The van der Waals surface area contributed by atoms with Crippen LogP contribution in [0.1, 0.15) is 17.2 Å². The SMILES string of the molecule is Cc1ccc([C@@H](CF)N2CCNCC2)c(F)c1F.Cl. The summed E-state index contributed by atoms with van der Waals surface area (Å²) in [5, 5.41) is 3.15. The molecule has 0 spiro atoms. The number of halogens is 4. The number of rotatable bonds is 3. The Morgan fingerprint density at radius 1 is 1.21 bits per heavy atom. The Balaban J connectivity index is 0.00000180. The largest absolute Gasteiger partial charge is 0.314 e. The van der Waals surface area contributed by atoms with Crippen LogP contribution in [-0.2, 0) is 0 Å². The van der Waals surface area contributed by atoms with E-state index in [0.29, 0.717) is 13.1 Å². The third kappa shape index (κ3) is 3.41. The second kappa shape index (κ2) is 7.12. The van der Waals surface area contributed by atoms with Crippen LogP contribution < -0.4 is 5.32 Å². The smallest absolute Gasteiger partial charge is 0.163 e. The highest BCUT2D eigenvalue weighted by Crippen LogP contribution is 2.27. The molecule has 6 heteroatoms. The maximum Gasteiger partial charge on any atom is 0.163 e. The lowest BCUT2D eigenvalue weighted by Crippen LogP contribution is -2.45. The molecule has 2 rings (SSSR count). The Kier molecular flexibility index (Phi) is 6.10. The Labute approximate surface area is 117 Å². The van der Waals surface area contributed by atoms with E-state index in [4.69, 9.17) is 0 Å². The van der Waals surface area contributed by atoms with Gasteiger partial charge < -0.3 is 5.32 Å². The topological polar surface area (TPSA) is 15.3 Å². The minimum absolute atomic E-state index is 0. The molecule has 1 aliphatic heterocycles. The summed E-state index contributed by atoms with van der Waals surface area (Å²) in [7, 11) is 0. The zero-order valence-corrected chi connectivity index (χ0v) is 11.6. The fourth-order valence-electron chi connectivity index (χ4n) is 2.29. The molecule has 1 fully saturated rings. The van der Waals surface area contributed by atoms with E-state index in [1.165, 1.54) is 19.1 Å². The van der Waals surface area contributed by atoms with Crippen LogP contribution in [0.15, 0.2) is 12.1 Å². The number of benzene rings is 1. The van der Waals surface area contributed by atoms with E-state index in [9.17, 15) is 13.2 Å². The summed E-state index contributed by atoms with van der Waals surface area (Å²) in [4.78, 5) is 1.85. The highest BCUT2D eigenvalue weighted by molar-refractivity contribution is 5.85. The van der Waals surface area contributed by atoms with E-state index in [0.717, 1.165) is 13.1 Å². The average molecular weight is 295 g/mol. The molecule has 0 unspecified atom stereocenters. The summed E-state index contributed by atoms with van der Waals surface area (Å²) >= 11 is 0. The molecule has 0 saturated carbocycles. The van der Waals surface area contributed by atoms with Gasteiger partial charge in [0.05, 0.1) is 6.04 Å². The van der Waals surface area contributed by atoms with Gasteiger partial charge in [-0.1, -0.05) is 12.1 Å². The van der Waals surface area contributed by atoms with E-state index in [-0.39, 0.29) is 23.5 Å². The van der Waals surface area contributed by atoms with Gasteiger partial charge in [-0.3, -0.25) is 4.90 Å². The first kappa shape index (κ1) is 16.3. The zero-order valence-electron chi connectivity index (χ0n) is 10.8. The van der Waals surface area contributed by atoms with Crippen molar-refractivity contribution in [2.75, 3.05) is 32.9 Å². The molecule has 0 aliphatic carbocycles. The first-order chi connectivity index (χ1) is 8.65. The fraction of sp³-hybridized carbons (Fsp3) is 0.538. The second-order valence-electron chi connectivity index (χ2n) is 4.56. The van der Waals surface area contributed by atoms with Crippen molar-refractivity contribution in [2.24, 2.45) is 0 Å². The monoisotopic (exact) mass is 294 g/mol. The highest BCUT2D eigenvalue weighted by atomic mass is 35.5. The molecular weight excluding hydrogens is 277 g/mol. The number of alkyl halides is 1. The van der Waals surface area contributed by atoms with Crippen molar-refractivity contribution in [2.45, 2.75) is 13.0 Å². The Bertz CT molecular complexity index is 423. The van der Waals surface area contributed by atoms with Crippen LogP contribution in [0.25, 0.3) is 0 Å². The summed E-state index contributed by atoms with van der Waals surface area (Å²) in [6.07, 6.45) is 0. The van der Waals surface area contributed by atoms with Gasteiger partial charge in [-0.25, -0.2) is 13.2 Å². The van der Waals surface area contributed by atoms with Crippen LogP contribution >= 0.6 is 12.4 Å². The van der Waals surface area contributed by atoms with E-state index in [1.54, 1.807) is 0 Å². The number of piperazine rings is 1. The van der Waals surface area contributed by atoms with Crippen molar-refractivity contribution in [3.8, 4) is 0 Å². The Morgan fingerprint density at radius 3 is 2.42 bits per heavy atom. The lowest BCUT2D eigenvalue weighted by Gasteiger charge is -2.33. The third-order valence-corrected chi connectivity index (χ3v) is 3.40. The Morgan fingerprint density at radius 2 is 1.84 bits per heavy atom. The van der Waals surface area contributed by atoms with Gasteiger partial charge in [-0.2, -0.15) is 0 Å². The number of nitrogens with one attached hydrogen (secondary N) is 1. The van der Waals surface area contributed by atoms with Gasteiger partial charge in [0.2, 0.25) is 0 Å². The van der Waals surface area contributed by atoms with Gasteiger partial charge in [0.25, 0.3) is 0 Å². The molecule has 1 saturated heterocycles. The van der Waals surface area contributed by atoms with Gasteiger partial charge >= 0.3 is 0 Å². The molecule has 1 aliphatic rings. The van der Waals surface area contributed by atoms with Gasteiger partial charge in [-0.15, -0.1) is 12.4 Å². The van der Waals surface area contributed by atoms with Gasteiger partial charge in [-0.05, 0) is 12.5 Å². The molecule has 2 nitrogen and oxygen atoms in total. The Hall–Kier alpha value is -0.780. The summed E-state index contributed by atoms with van der Waals surface area (Å²) in [5.74, 6) is -1.79. The molecule has 1 aromatic rings. The van der Waals surface area contributed by atoms with Crippen molar-refractivity contribution < 1.29 is 13.2 Å². The molecule has 1 atom stereocenters. The summed E-state index contributed by atoms with van der Waals surface area (Å²) < 4.78 is 40.6. The molecule has 1 aromatic carbocycles. The van der Waals surface area contributed by atoms with E-state index < -0.39 is 24.4 Å². The minimum atomic E-state index is -0.920. The predicted molar refractivity (Wildman–Crippen MR) is 71.5 cm³/mol. The van der Waals surface area contributed by atoms with Crippen molar-refractivity contribution in [3.63, 3.8) is 0 Å². The third-order valence-electron chi connectivity index (χ3n) is 3.40. The van der Waals surface area contributed by atoms with Crippen molar-refractivity contribution >= 4 is 12.4 Å². The van der Waals surface area contributed by atoms with Crippen LogP contribution in [0.4, 0.5) is 13.2 Å². The highest BCUT2D eigenvalue weighted by Gasteiger charge is 2.26. The minimum Gasteiger partial charge on any atom is -0.314 e. The summed E-state index contributed by atoms with van der Waals surface area (Å²) in [6, 6.07) is 2.29. The summed E-state index contributed by atoms with van der Waals surface area (Å²) in [6.45, 7) is 3.56. The van der Waals surface area contributed by atoms with Gasteiger partial charge in [0.15, 0.2) is 11.6 Å². The molecule has 19 heavy (non-hydrogen) atoms. The lowest BCUT2D eigenvalue weighted by atomic mass is 10.0. The van der Waals surface area contributed by atoms with Crippen LogP contribution in [0.3, 0.4) is 0 Å². The molecule has 108 valence electrons. The number of aryl methyl sites for hydroxylation is 1. The molecular formula is C13H18ClF3N2.